The van der Waals surface area contributed by atoms with E-state index in [1.165, 1.54) is 27.8 Å². The number of benzene rings is 1. The van der Waals surface area contributed by atoms with Crippen molar-refractivity contribution in [1.82, 2.24) is 20.2 Å². The van der Waals surface area contributed by atoms with Crippen molar-refractivity contribution in [1.29, 1.82) is 0 Å². The van der Waals surface area contributed by atoms with E-state index in [2.05, 4.69) is 15.6 Å². The van der Waals surface area contributed by atoms with Gasteiger partial charge in [-0.1, -0.05) is 36.8 Å². The quantitative estimate of drug-likeness (QED) is 0.570. The molecule has 3 aromatic rings. The van der Waals surface area contributed by atoms with Gasteiger partial charge in [-0.15, -0.1) is 23.7 Å². The summed E-state index contributed by atoms with van der Waals surface area (Å²) in [5.74, 6) is -0.0687. The van der Waals surface area contributed by atoms with E-state index in [4.69, 9.17) is 0 Å². The summed E-state index contributed by atoms with van der Waals surface area (Å²) in [4.78, 5) is 30.2. The Morgan fingerprint density at radius 1 is 1.28 bits per heavy atom. The smallest absolute Gasteiger partial charge is 0.262 e. The van der Waals surface area contributed by atoms with Gasteiger partial charge in [-0.05, 0) is 26.0 Å². The number of hydrogen-bond donors (Lipinski definition) is 2. The van der Waals surface area contributed by atoms with Gasteiger partial charge in [0.25, 0.3) is 5.56 Å². The predicted octanol–water partition coefficient (Wildman–Crippen LogP) is 3.36. The number of hydrogen-bond acceptors (Lipinski definition) is 5. The van der Waals surface area contributed by atoms with Crippen molar-refractivity contribution in [3.63, 3.8) is 0 Å². The van der Waals surface area contributed by atoms with Gasteiger partial charge in [0.05, 0.1) is 11.7 Å². The van der Waals surface area contributed by atoms with Crippen LogP contribution in [0.3, 0.4) is 0 Å². The molecule has 0 spiro atoms. The normalized spacial score (nSPS) is 11.8. The van der Waals surface area contributed by atoms with E-state index in [9.17, 15) is 9.59 Å². The van der Waals surface area contributed by atoms with Gasteiger partial charge in [-0.2, -0.15) is 0 Å². The third-order valence-corrected chi connectivity index (χ3v) is 5.55. The third-order valence-electron chi connectivity index (χ3n) is 4.66. The maximum absolute atomic E-state index is 13.0. The van der Waals surface area contributed by atoms with Gasteiger partial charge in [-0.3, -0.25) is 14.2 Å². The number of rotatable bonds is 8. The molecular weight excluding hydrogens is 408 g/mol. The number of nitrogens with one attached hydrogen (secondary N) is 2. The number of fused-ring (bicyclic) bond motifs is 1. The van der Waals surface area contributed by atoms with Gasteiger partial charge in [0.15, 0.2) is 0 Å². The lowest BCUT2D eigenvalue weighted by Crippen LogP contribution is -2.39. The number of likely N-dealkylation sites (N-methyl/N-ethyl adjacent to an activating group) is 1. The molecule has 8 heteroatoms. The number of halogens is 1. The van der Waals surface area contributed by atoms with Gasteiger partial charge in [-0.25, -0.2) is 4.98 Å². The fourth-order valence-electron chi connectivity index (χ4n) is 3.07. The molecule has 2 aromatic heterocycles. The molecule has 2 N–H and O–H groups in total. The molecule has 0 radical (unpaired) electrons. The second-order valence-corrected chi connectivity index (χ2v) is 7.81. The van der Waals surface area contributed by atoms with Gasteiger partial charge < -0.3 is 10.6 Å². The molecule has 0 aliphatic heterocycles. The number of thiophene rings is 1. The summed E-state index contributed by atoms with van der Waals surface area (Å²) in [6, 6.07) is 8.33. The first-order chi connectivity index (χ1) is 13.5. The van der Waals surface area contributed by atoms with E-state index < -0.39 is 0 Å². The minimum Gasteiger partial charge on any atom is -0.354 e. The summed E-state index contributed by atoms with van der Waals surface area (Å²) >= 11 is 1.47. The molecular formula is C21H27ClN4O2S. The van der Waals surface area contributed by atoms with E-state index in [1.54, 1.807) is 0 Å². The van der Waals surface area contributed by atoms with E-state index >= 15 is 0 Å². The Bertz CT molecular complexity index is 1010. The summed E-state index contributed by atoms with van der Waals surface area (Å²) in [6.07, 6.45) is 1.78. The van der Waals surface area contributed by atoms with Gasteiger partial charge in [0.1, 0.15) is 4.83 Å². The maximum Gasteiger partial charge on any atom is 0.262 e. The van der Waals surface area contributed by atoms with Gasteiger partial charge in [0, 0.05) is 36.5 Å². The van der Waals surface area contributed by atoms with Crippen LogP contribution in [0.25, 0.3) is 21.3 Å². The molecule has 29 heavy (non-hydrogen) atoms. The molecule has 0 aliphatic rings. The zero-order chi connectivity index (χ0) is 20.1. The fraction of sp³-hybridized carbons (Fsp3) is 0.381. The number of carbonyl (C=O) groups is 1. The second-order valence-electron chi connectivity index (χ2n) is 6.95. The van der Waals surface area contributed by atoms with Gasteiger partial charge >= 0.3 is 0 Å². The van der Waals surface area contributed by atoms with E-state index in [0.717, 1.165) is 22.5 Å². The summed E-state index contributed by atoms with van der Waals surface area (Å²) < 4.78 is 1.53. The van der Waals surface area contributed by atoms with Crippen molar-refractivity contribution in [2.75, 3.05) is 13.1 Å². The van der Waals surface area contributed by atoms with Gasteiger partial charge in [0.2, 0.25) is 5.91 Å². The highest BCUT2D eigenvalue weighted by Gasteiger charge is 2.14. The molecule has 1 amide bonds. The monoisotopic (exact) mass is 434 g/mol. The predicted molar refractivity (Wildman–Crippen MR) is 122 cm³/mol. The van der Waals surface area contributed by atoms with E-state index in [-0.39, 0.29) is 36.3 Å². The van der Waals surface area contributed by atoms with E-state index in [1.807, 2.05) is 50.4 Å². The molecule has 156 valence electrons. The van der Waals surface area contributed by atoms with Crippen LogP contribution in [0.5, 0.6) is 0 Å². The fourth-order valence-corrected chi connectivity index (χ4v) is 3.98. The lowest BCUT2D eigenvalue weighted by Gasteiger charge is -2.13. The minimum atomic E-state index is -0.101. The Morgan fingerprint density at radius 3 is 2.69 bits per heavy atom. The average Bonchev–Trinajstić information content (AvgIpc) is 3.11. The van der Waals surface area contributed by atoms with E-state index in [0.29, 0.717) is 18.5 Å². The lowest BCUT2D eigenvalue weighted by molar-refractivity contribution is -0.121. The lowest BCUT2D eigenvalue weighted by atomic mass is 10.1. The molecule has 1 aromatic carbocycles. The zero-order valence-electron chi connectivity index (χ0n) is 16.9. The molecule has 2 heterocycles. The first-order valence-corrected chi connectivity index (χ1v) is 10.4. The minimum absolute atomic E-state index is 0. The average molecular weight is 435 g/mol. The van der Waals surface area contributed by atoms with Crippen LogP contribution in [0, 0.1) is 6.92 Å². The van der Waals surface area contributed by atoms with Crippen LogP contribution >= 0.6 is 23.7 Å². The topological polar surface area (TPSA) is 76.0 Å². The third kappa shape index (κ3) is 5.65. The molecule has 3 rings (SSSR count). The number of amides is 1. The Morgan fingerprint density at radius 2 is 2.00 bits per heavy atom. The number of aromatic nitrogens is 2. The van der Waals surface area contributed by atoms with Crippen LogP contribution in [0.1, 0.15) is 25.8 Å². The summed E-state index contributed by atoms with van der Waals surface area (Å²) in [6.45, 7) is 7.84. The molecule has 6 nitrogen and oxygen atoms in total. The molecule has 0 fully saturated rings. The van der Waals surface area contributed by atoms with Crippen molar-refractivity contribution in [3.8, 4) is 11.1 Å². The highest BCUT2D eigenvalue weighted by Crippen LogP contribution is 2.30. The Labute approximate surface area is 180 Å². The Hall–Kier alpha value is -2.22. The molecule has 1 atom stereocenters. The SMILES string of the molecule is CCN[C@H](C)CNC(=O)CCn1cnc2scc(-c3ccc(C)cc3)c2c1=O.Cl. The number of carbonyl (C=O) groups excluding carboxylic acids is 1. The Balaban J connectivity index is 0.00000300. The van der Waals surface area contributed by atoms with Crippen LogP contribution in [-0.2, 0) is 11.3 Å². The molecule has 0 saturated heterocycles. The highest BCUT2D eigenvalue weighted by molar-refractivity contribution is 7.17. The van der Waals surface area contributed by atoms with Crippen LogP contribution in [0.15, 0.2) is 40.8 Å². The first kappa shape index (κ1) is 23.1. The first-order valence-electron chi connectivity index (χ1n) is 9.53. The van der Waals surface area contributed by atoms with Crippen molar-refractivity contribution >= 4 is 39.9 Å². The summed E-state index contributed by atoms with van der Waals surface area (Å²) in [5.41, 5.74) is 2.98. The zero-order valence-corrected chi connectivity index (χ0v) is 18.5. The van der Waals surface area contributed by atoms with Crippen LogP contribution < -0.4 is 16.2 Å². The van der Waals surface area contributed by atoms with Crippen molar-refractivity contribution in [2.45, 2.75) is 39.8 Å². The summed E-state index contributed by atoms with van der Waals surface area (Å²) in [5, 5.41) is 8.74. The standard InChI is InChI=1S/C21H26N4O2S.ClH/c1-4-22-15(3)11-23-18(26)9-10-25-13-24-20-19(21(25)27)17(12-28-20)16-7-5-14(2)6-8-16;/h5-8,12-13,15,22H,4,9-11H2,1-3H3,(H,23,26);1H/t15-;/m1./s1. The molecule has 0 saturated carbocycles. The van der Waals surface area contributed by atoms with Crippen LogP contribution in [0.4, 0.5) is 0 Å². The van der Waals surface area contributed by atoms with Crippen LogP contribution in [-0.4, -0.2) is 34.6 Å². The largest absolute Gasteiger partial charge is 0.354 e. The number of nitrogens with zero attached hydrogens (tertiary/aromatic N) is 2. The Kier molecular flexibility index (Phi) is 8.37. The van der Waals surface area contributed by atoms with Crippen molar-refractivity contribution < 1.29 is 4.79 Å². The highest BCUT2D eigenvalue weighted by atomic mass is 35.5. The molecule has 0 unspecified atom stereocenters. The summed E-state index contributed by atoms with van der Waals surface area (Å²) in [7, 11) is 0. The second kappa shape index (κ2) is 10.5. The maximum atomic E-state index is 13.0. The number of aryl methyl sites for hydroxylation is 2. The molecule has 0 bridgehead atoms. The van der Waals surface area contributed by atoms with Crippen molar-refractivity contribution in [2.24, 2.45) is 0 Å². The van der Waals surface area contributed by atoms with Crippen molar-refractivity contribution in [3.05, 3.63) is 51.9 Å². The molecule has 0 aliphatic carbocycles. The van der Waals surface area contributed by atoms with Crippen LogP contribution in [0.2, 0.25) is 0 Å².